The smallest absolute Gasteiger partial charge is 0.407 e. The first-order valence-corrected chi connectivity index (χ1v) is 11.6. The van der Waals surface area contributed by atoms with Crippen molar-refractivity contribution in [2.45, 2.75) is 72.6 Å². The molecule has 0 fully saturated rings. The van der Waals surface area contributed by atoms with E-state index >= 15 is 0 Å². The van der Waals surface area contributed by atoms with Crippen molar-refractivity contribution >= 4 is 17.8 Å². The lowest BCUT2D eigenvalue weighted by atomic mass is 9.95. The van der Waals surface area contributed by atoms with Gasteiger partial charge in [0, 0.05) is 30.3 Å². The number of benzene rings is 1. The number of aromatic nitrogens is 1. The molecule has 1 aliphatic rings. The van der Waals surface area contributed by atoms with Crippen molar-refractivity contribution in [3.63, 3.8) is 0 Å². The van der Waals surface area contributed by atoms with Crippen LogP contribution in [-0.4, -0.2) is 35.2 Å². The van der Waals surface area contributed by atoms with Crippen molar-refractivity contribution < 1.29 is 23.8 Å². The highest BCUT2D eigenvalue weighted by Gasteiger charge is 2.25. The zero-order chi connectivity index (χ0) is 25.0. The summed E-state index contributed by atoms with van der Waals surface area (Å²) in [6, 6.07) is 7.33. The van der Waals surface area contributed by atoms with Crippen LogP contribution >= 0.6 is 0 Å². The van der Waals surface area contributed by atoms with Crippen LogP contribution in [0.5, 0.6) is 11.5 Å². The van der Waals surface area contributed by atoms with Crippen molar-refractivity contribution in [2.75, 3.05) is 11.9 Å². The van der Waals surface area contributed by atoms with Crippen LogP contribution in [0.25, 0.3) is 11.1 Å². The van der Waals surface area contributed by atoms with E-state index in [0.717, 1.165) is 23.1 Å². The second kappa shape index (κ2) is 10.3. The van der Waals surface area contributed by atoms with Crippen LogP contribution in [0.1, 0.15) is 66.6 Å². The lowest BCUT2D eigenvalue weighted by molar-refractivity contribution is -0.114. The van der Waals surface area contributed by atoms with E-state index in [-0.39, 0.29) is 18.1 Å². The predicted octanol–water partition coefficient (Wildman–Crippen LogP) is 5.48. The summed E-state index contributed by atoms with van der Waals surface area (Å²) in [5.41, 5.74) is 2.25. The number of nitrogens with one attached hydrogen (secondary N) is 2. The van der Waals surface area contributed by atoms with Gasteiger partial charge in [-0.15, -0.1) is 0 Å². The van der Waals surface area contributed by atoms with Gasteiger partial charge in [0.05, 0.1) is 6.04 Å². The third-order valence-corrected chi connectivity index (χ3v) is 5.15. The fourth-order valence-corrected chi connectivity index (χ4v) is 3.85. The van der Waals surface area contributed by atoms with E-state index in [0.29, 0.717) is 29.8 Å². The summed E-state index contributed by atoms with van der Waals surface area (Å²) in [5, 5.41) is 5.65. The second-order valence-electron chi connectivity index (χ2n) is 10.0. The SMILES string of the molecule is CC(=O)Nc1cc2c(cn1)C(C)Oc1cc(OC[C@H](CC(C)C)NC(=O)OC(C)(C)C)ccc1-2. The number of hydrogen-bond donors (Lipinski definition) is 2. The first-order chi connectivity index (χ1) is 15.9. The van der Waals surface area contributed by atoms with Crippen LogP contribution in [0.4, 0.5) is 10.6 Å². The number of amides is 2. The van der Waals surface area contributed by atoms with Gasteiger partial charge in [0.2, 0.25) is 5.91 Å². The molecule has 1 aromatic carbocycles. The van der Waals surface area contributed by atoms with E-state index < -0.39 is 11.7 Å². The number of nitrogens with zero attached hydrogens (tertiary/aromatic N) is 1. The number of alkyl carbamates (subject to hydrolysis) is 1. The molecule has 2 amide bonds. The second-order valence-corrected chi connectivity index (χ2v) is 10.0. The fourth-order valence-electron chi connectivity index (χ4n) is 3.85. The minimum atomic E-state index is -0.564. The molecule has 8 nitrogen and oxygen atoms in total. The van der Waals surface area contributed by atoms with Crippen LogP contribution in [0.15, 0.2) is 30.5 Å². The molecule has 2 atom stereocenters. The van der Waals surface area contributed by atoms with Crippen molar-refractivity contribution in [3.8, 4) is 22.6 Å². The largest absolute Gasteiger partial charge is 0.491 e. The van der Waals surface area contributed by atoms with E-state index in [2.05, 4.69) is 29.5 Å². The van der Waals surface area contributed by atoms with Crippen molar-refractivity contribution in [3.05, 3.63) is 36.0 Å². The van der Waals surface area contributed by atoms with Gasteiger partial charge in [0.1, 0.15) is 35.6 Å². The number of fused-ring (bicyclic) bond motifs is 3. The molecule has 2 aromatic rings. The first kappa shape index (κ1) is 25.3. The molecule has 2 N–H and O–H groups in total. The van der Waals surface area contributed by atoms with Crippen LogP contribution in [-0.2, 0) is 9.53 Å². The molecule has 0 bridgehead atoms. The average molecular weight is 470 g/mol. The Kier molecular flexibility index (Phi) is 7.69. The van der Waals surface area contributed by atoms with Gasteiger partial charge in [0.25, 0.3) is 0 Å². The van der Waals surface area contributed by atoms with Gasteiger partial charge < -0.3 is 24.8 Å². The number of ether oxygens (including phenoxy) is 3. The Hall–Kier alpha value is -3.29. The molecule has 2 heterocycles. The van der Waals surface area contributed by atoms with Crippen molar-refractivity contribution in [1.82, 2.24) is 10.3 Å². The summed E-state index contributed by atoms with van der Waals surface area (Å²) in [4.78, 5) is 28.0. The third kappa shape index (κ3) is 6.85. The van der Waals surface area contributed by atoms with Crippen LogP contribution in [0, 0.1) is 5.92 Å². The number of pyridine rings is 1. The Bertz CT molecular complexity index is 1050. The zero-order valence-electron chi connectivity index (χ0n) is 21.0. The number of hydrogen-bond acceptors (Lipinski definition) is 6. The maximum Gasteiger partial charge on any atom is 0.407 e. The Balaban J connectivity index is 1.75. The molecule has 34 heavy (non-hydrogen) atoms. The van der Waals surface area contributed by atoms with Crippen molar-refractivity contribution in [2.24, 2.45) is 5.92 Å². The van der Waals surface area contributed by atoms with E-state index in [1.165, 1.54) is 6.92 Å². The Morgan fingerprint density at radius 3 is 2.56 bits per heavy atom. The average Bonchev–Trinajstić information content (AvgIpc) is 2.69. The summed E-state index contributed by atoms with van der Waals surface area (Å²) < 4.78 is 17.6. The molecule has 1 aromatic heterocycles. The van der Waals surface area contributed by atoms with Crippen LogP contribution in [0.3, 0.4) is 0 Å². The van der Waals surface area contributed by atoms with Gasteiger partial charge in [0.15, 0.2) is 0 Å². The molecule has 3 rings (SSSR count). The molecule has 1 aliphatic heterocycles. The molecule has 0 radical (unpaired) electrons. The number of anilines is 1. The molecule has 0 saturated heterocycles. The minimum Gasteiger partial charge on any atom is -0.491 e. The van der Waals surface area contributed by atoms with Gasteiger partial charge in [-0.2, -0.15) is 0 Å². The lowest BCUT2D eigenvalue weighted by Gasteiger charge is -2.27. The summed E-state index contributed by atoms with van der Waals surface area (Å²) in [6.07, 6.45) is 1.84. The predicted molar refractivity (Wildman–Crippen MR) is 131 cm³/mol. The molecular formula is C26H35N3O5. The summed E-state index contributed by atoms with van der Waals surface area (Å²) in [6.45, 7) is 13.4. The Morgan fingerprint density at radius 1 is 1.18 bits per heavy atom. The Morgan fingerprint density at radius 2 is 1.91 bits per heavy atom. The standard InChI is InChI=1S/C26H35N3O5/c1-15(2)10-18(29-25(31)34-26(5,6)7)14-32-19-8-9-20-21-12-24(28-17(4)30)27-13-22(21)16(3)33-23(20)11-19/h8-9,11-13,15-16,18H,10,14H2,1-7H3,(H,29,31)(H,27,28,30)/t16?,18-/m0/s1. The lowest BCUT2D eigenvalue weighted by Crippen LogP contribution is -2.42. The normalized spacial score (nSPS) is 15.5. The quantitative estimate of drug-likeness (QED) is 0.557. The maximum absolute atomic E-state index is 12.3. The van der Waals surface area contributed by atoms with Crippen LogP contribution < -0.4 is 20.1 Å². The summed E-state index contributed by atoms with van der Waals surface area (Å²) in [5.74, 6) is 2.03. The molecule has 0 spiro atoms. The van der Waals surface area contributed by atoms with E-state index in [9.17, 15) is 9.59 Å². The van der Waals surface area contributed by atoms with Gasteiger partial charge >= 0.3 is 6.09 Å². The number of rotatable bonds is 7. The van der Waals surface area contributed by atoms with E-state index in [1.54, 1.807) is 6.20 Å². The highest BCUT2D eigenvalue weighted by atomic mass is 16.6. The van der Waals surface area contributed by atoms with Gasteiger partial charge in [-0.3, -0.25) is 4.79 Å². The topological polar surface area (TPSA) is 98.8 Å². The molecule has 1 unspecified atom stereocenters. The van der Waals surface area contributed by atoms with Gasteiger partial charge in [-0.1, -0.05) is 13.8 Å². The van der Waals surface area contributed by atoms with Gasteiger partial charge in [-0.05, 0) is 63.8 Å². The van der Waals surface area contributed by atoms with Crippen molar-refractivity contribution in [1.29, 1.82) is 0 Å². The monoisotopic (exact) mass is 469 g/mol. The van der Waals surface area contributed by atoms with E-state index in [1.807, 2.05) is 52.0 Å². The fraction of sp³-hybridized carbons (Fsp3) is 0.500. The van der Waals surface area contributed by atoms with E-state index in [4.69, 9.17) is 14.2 Å². The summed E-state index contributed by atoms with van der Waals surface area (Å²) >= 11 is 0. The van der Waals surface area contributed by atoms with Crippen LogP contribution in [0.2, 0.25) is 0 Å². The number of carbonyl (C=O) groups excluding carboxylic acids is 2. The third-order valence-electron chi connectivity index (χ3n) is 5.15. The molecule has 8 heteroatoms. The zero-order valence-corrected chi connectivity index (χ0v) is 21.0. The summed E-state index contributed by atoms with van der Waals surface area (Å²) in [7, 11) is 0. The minimum absolute atomic E-state index is 0.174. The molecule has 0 saturated carbocycles. The number of carbonyl (C=O) groups is 2. The highest BCUT2D eigenvalue weighted by Crippen LogP contribution is 2.44. The van der Waals surface area contributed by atoms with Gasteiger partial charge in [-0.25, -0.2) is 9.78 Å². The molecular weight excluding hydrogens is 434 g/mol. The molecule has 184 valence electrons. The Labute approximate surface area is 201 Å². The molecule has 0 aliphatic carbocycles. The maximum atomic E-state index is 12.3. The highest BCUT2D eigenvalue weighted by molar-refractivity contribution is 5.89. The first-order valence-electron chi connectivity index (χ1n) is 11.6.